The van der Waals surface area contributed by atoms with E-state index in [0.29, 0.717) is 6.04 Å². The van der Waals surface area contributed by atoms with Crippen molar-refractivity contribution >= 4 is 11.8 Å². The number of piperazine rings is 1. The van der Waals surface area contributed by atoms with E-state index < -0.39 is 0 Å². The van der Waals surface area contributed by atoms with Gasteiger partial charge >= 0.3 is 0 Å². The van der Waals surface area contributed by atoms with E-state index in [-0.39, 0.29) is 6.61 Å². The molecule has 1 unspecified atom stereocenters. The first-order valence-electron chi connectivity index (χ1n) is 8.03. The van der Waals surface area contributed by atoms with Crippen molar-refractivity contribution in [1.29, 1.82) is 0 Å². The molecule has 0 spiro atoms. The van der Waals surface area contributed by atoms with E-state index in [0.717, 1.165) is 64.2 Å². The first kappa shape index (κ1) is 15.5. The van der Waals surface area contributed by atoms with Crippen molar-refractivity contribution in [3.05, 3.63) is 12.3 Å². The summed E-state index contributed by atoms with van der Waals surface area (Å²) < 4.78 is 5.38. The minimum Gasteiger partial charge on any atom is -0.395 e. The molecule has 0 bridgehead atoms. The van der Waals surface area contributed by atoms with Crippen LogP contribution in [0.25, 0.3) is 0 Å². The number of aliphatic hydroxyl groups is 1. The predicted molar refractivity (Wildman–Crippen MR) is 85.4 cm³/mol. The molecule has 2 saturated heterocycles. The number of aliphatic hydroxyl groups excluding tert-OH is 1. The molecular formula is C15H25N5O2. The van der Waals surface area contributed by atoms with Gasteiger partial charge in [-0.25, -0.2) is 4.98 Å². The number of rotatable bonds is 4. The number of β-amino-alcohol motifs (C(OH)–C–C–N with tert-alkyl or cyclic N) is 1. The smallest absolute Gasteiger partial charge is 0.227 e. The zero-order chi connectivity index (χ0) is 15.4. The van der Waals surface area contributed by atoms with Crippen LogP contribution in [-0.4, -0.2) is 85.1 Å². The Morgan fingerprint density at radius 3 is 2.77 bits per heavy atom. The second-order valence-corrected chi connectivity index (χ2v) is 5.87. The third-order valence-corrected chi connectivity index (χ3v) is 4.40. The van der Waals surface area contributed by atoms with Crippen molar-refractivity contribution in [1.82, 2.24) is 14.9 Å². The van der Waals surface area contributed by atoms with Gasteiger partial charge in [0.15, 0.2) is 0 Å². The van der Waals surface area contributed by atoms with Gasteiger partial charge in [0.1, 0.15) is 5.82 Å². The molecule has 7 nitrogen and oxygen atoms in total. The summed E-state index contributed by atoms with van der Waals surface area (Å²) in [5.41, 5.74) is 0. The molecule has 0 saturated carbocycles. The molecule has 0 aromatic carbocycles. The molecular weight excluding hydrogens is 282 g/mol. The molecule has 1 atom stereocenters. The standard InChI is InChI=1S/C15H25N5O2/c1-13-12-20(5-4-18(13)6-9-21)14-2-3-16-15(17-14)19-7-10-22-11-8-19/h2-3,13,21H,4-12H2,1H3. The largest absolute Gasteiger partial charge is 0.395 e. The average Bonchev–Trinajstić information content (AvgIpc) is 2.58. The number of aromatic nitrogens is 2. The average molecular weight is 307 g/mol. The Balaban J connectivity index is 1.67. The Morgan fingerprint density at radius 1 is 1.23 bits per heavy atom. The number of hydrogen-bond acceptors (Lipinski definition) is 7. The van der Waals surface area contributed by atoms with Gasteiger partial charge in [-0.3, -0.25) is 4.90 Å². The van der Waals surface area contributed by atoms with Gasteiger partial charge in [-0.2, -0.15) is 4.98 Å². The van der Waals surface area contributed by atoms with Gasteiger partial charge in [0.2, 0.25) is 5.95 Å². The van der Waals surface area contributed by atoms with Gasteiger partial charge in [-0.05, 0) is 13.0 Å². The fourth-order valence-corrected chi connectivity index (χ4v) is 3.09. The molecule has 3 heterocycles. The lowest BCUT2D eigenvalue weighted by Gasteiger charge is -2.40. The maximum atomic E-state index is 9.11. The van der Waals surface area contributed by atoms with Crippen LogP contribution in [0.2, 0.25) is 0 Å². The lowest BCUT2D eigenvalue weighted by molar-refractivity contribution is 0.122. The highest BCUT2D eigenvalue weighted by Crippen LogP contribution is 2.19. The Bertz CT molecular complexity index is 481. The van der Waals surface area contributed by atoms with Crippen LogP contribution in [0.15, 0.2) is 12.3 Å². The molecule has 1 N–H and O–H groups in total. The first-order valence-corrected chi connectivity index (χ1v) is 8.03. The van der Waals surface area contributed by atoms with Crippen LogP contribution in [0.1, 0.15) is 6.92 Å². The van der Waals surface area contributed by atoms with Crippen molar-refractivity contribution in [3.63, 3.8) is 0 Å². The maximum Gasteiger partial charge on any atom is 0.227 e. The predicted octanol–water partition coefficient (Wildman–Crippen LogP) is -0.184. The SMILES string of the molecule is CC1CN(c2ccnc(N3CCOCC3)n2)CCN1CCO. The fourth-order valence-electron chi connectivity index (χ4n) is 3.09. The third-order valence-electron chi connectivity index (χ3n) is 4.40. The molecule has 0 aliphatic carbocycles. The molecule has 2 aliphatic rings. The number of morpholine rings is 1. The second kappa shape index (κ2) is 7.21. The van der Waals surface area contributed by atoms with E-state index in [4.69, 9.17) is 14.8 Å². The third kappa shape index (κ3) is 3.48. The molecule has 0 radical (unpaired) electrons. The highest BCUT2D eigenvalue weighted by molar-refractivity contribution is 5.44. The van der Waals surface area contributed by atoms with Crippen molar-refractivity contribution < 1.29 is 9.84 Å². The first-order chi connectivity index (χ1) is 10.8. The summed E-state index contributed by atoms with van der Waals surface area (Å²) >= 11 is 0. The van der Waals surface area contributed by atoms with Crippen molar-refractivity contribution in [3.8, 4) is 0 Å². The van der Waals surface area contributed by atoms with Gasteiger partial charge in [-0.1, -0.05) is 0 Å². The molecule has 2 fully saturated rings. The summed E-state index contributed by atoms with van der Waals surface area (Å²) in [5.74, 6) is 1.79. The van der Waals surface area contributed by atoms with E-state index in [2.05, 4.69) is 26.6 Å². The zero-order valence-electron chi connectivity index (χ0n) is 13.2. The molecule has 122 valence electrons. The summed E-state index contributed by atoms with van der Waals surface area (Å²) in [7, 11) is 0. The van der Waals surface area contributed by atoms with Gasteiger partial charge in [0.05, 0.1) is 19.8 Å². The van der Waals surface area contributed by atoms with E-state index in [1.807, 2.05) is 12.3 Å². The van der Waals surface area contributed by atoms with Crippen molar-refractivity contribution in [2.24, 2.45) is 0 Å². The quantitative estimate of drug-likeness (QED) is 0.827. The molecule has 7 heteroatoms. The molecule has 1 aromatic heterocycles. The zero-order valence-corrected chi connectivity index (χ0v) is 13.2. The van der Waals surface area contributed by atoms with Crippen LogP contribution in [0, 0.1) is 0 Å². The van der Waals surface area contributed by atoms with Gasteiger partial charge in [-0.15, -0.1) is 0 Å². The fraction of sp³-hybridized carbons (Fsp3) is 0.733. The summed E-state index contributed by atoms with van der Waals surface area (Å²) in [6, 6.07) is 2.40. The molecule has 2 aliphatic heterocycles. The van der Waals surface area contributed by atoms with E-state index in [1.54, 1.807) is 0 Å². The normalized spacial score (nSPS) is 23.8. The van der Waals surface area contributed by atoms with Crippen LogP contribution in [0.4, 0.5) is 11.8 Å². The van der Waals surface area contributed by atoms with Crippen LogP contribution in [0.5, 0.6) is 0 Å². The van der Waals surface area contributed by atoms with E-state index >= 15 is 0 Å². The lowest BCUT2D eigenvalue weighted by Crippen LogP contribution is -2.53. The highest BCUT2D eigenvalue weighted by Gasteiger charge is 2.24. The van der Waals surface area contributed by atoms with Crippen LogP contribution < -0.4 is 9.80 Å². The molecule has 22 heavy (non-hydrogen) atoms. The van der Waals surface area contributed by atoms with Crippen LogP contribution in [0.3, 0.4) is 0 Å². The minimum atomic E-state index is 0.221. The summed E-state index contributed by atoms with van der Waals surface area (Å²) in [4.78, 5) is 16.0. The van der Waals surface area contributed by atoms with Gasteiger partial charge in [0, 0.05) is 51.5 Å². The number of ether oxygens (including phenoxy) is 1. The molecule has 1 aromatic rings. The van der Waals surface area contributed by atoms with Crippen molar-refractivity contribution in [2.75, 3.05) is 68.9 Å². The number of anilines is 2. The summed E-state index contributed by atoms with van der Waals surface area (Å²) in [6.45, 7) is 9.17. The monoisotopic (exact) mass is 307 g/mol. The van der Waals surface area contributed by atoms with E-state index in [9.17, 15) is 0 Å². The molecule has 3 rings (SSSR count). The van der Waals surface area contributed by atoms with E-state index in [1.165, 1.54) is 0 Å². The number of hydrogen-bond donors (Lipinski definition) is 1. The van der Waals surface area contributed by atoms with Crippen LogP contribution in [-0.2, 0) is 4.74 Å². The van der Waals surface area contributed by atoms with Crippen LogP contribution >= 0.6 is 0 Å². The Labute approximate surface area is 131 Å². The lowest BCUT2D eigenvalue weighted by atomic mass is 10.2. The Kier molecular flexibility index (Phi) is 5.07. The Morgan fingerprint density at radius 2 is 2.05 bits per heavy atom. The topological polar surface area (TPSA) is 65.0 Å². The highest BCUT2D eigenvalue weighted by atomic mass is 16.5. The summed E-state index contributed by atoms with van der Waals surface area (Å²) in [5, 5.41) is 9.11. The maximum absolute atomic E-state index is 9.11. The van der Waals surface area contributed by atoms with Crippen molar-refractivity contribution in [2.45, 2.75) is 13.0 Å². The number of nitrogens with zero attached hydrogens (tertiary/aromatic N) is 5. The second-order valence-electron chi connectivity index (χ2n) is 5.87. The summed E-state index contributed by atoms with van der Waals surface area (Å²) in [6.07, 6.45) is 1.85. The minimum absolute atomic E-state index is 0.221. The van der Waals surface area contributed by atoms with Gasteiger partial charge < -0.3 is 19.6 Å². The van der Waals surface area contributed by atoms with Gasteiger partial charge in [0.25, 0.3) is 0 Å². The Hall–Kier alpha value is -1.44. The molecule has 0 amide bonds.